The largest absolute Gasteiger partial charge is 0.382 e. The third-order valence-electron chi connectivity index (χ3n) is 2.83. The molecule has 1 rings (SSSR count). The highest BCUT2D eigenvalue weighted by atomic mass is 79.9. The fourth-order valence-electron chi connectivity index (χ4n) is 1.76. The van der Waals surface area contributed by atoms with Crippen LogP contribution in [0.5, 0.6) is 0 Å². The van der Waals surface area contributed by atoms with Crippen LogP contribution in [0.25, 0.3) is 0 Å². The SMILES string of the molecule is CCCCn1ncc(NCCC(=O)NC(C)C)c(Br)c1=O. The van der Waals surface area contributed by atoms with Gasteiger partial charge in [0.25, 0.3) is 5.56 Å². The van der Waals surface area contributed by atoms with Crippen LogP contribution in [-0.4, -0.2) is 28.3 Å². The average molecular weight is 359 g/mol. The number of aryl methyl sites for hydroxylation is 1. The molecule has 0 unspecified atom stereocenters. The number of hydrogen-bond donors (Lipinski definition) is 2. The maximum Gasteiger partial charge on any atom is 0.283 e. The summed E-state index contributed by atoms with van der Waals surface area (Å²) in [6.45, 7) is 6.98. The minimum absolute atomic E-state index is 0.0159. The first kappa shape index (κ1) is 17.7. The van der Waals surface area contributed by atoms with Crippen LogP contribution in [0.1, 0.15) is 40.0 Å². The van der Waals surface area contributed by atoms with Gasteiger partial charge in [-0.25, -0.2) is 4.68 Å². The Labute approximate surface area is 133 Å². The number of carbonyl (C=O) groups excluding carboxylic acids is 1. The third kappa shape index (κ3) is 5.87. The monoisotopic (exact) mass is 358 g/mol. The Morgan fingerprint density at radius 2 is 2.19 bits per heavy atom. The number of halogens is 1. The van der Waals surface area contributed by atoms with Gasteiger partial charge in [0.05, 0.1) is 11.9 Å². The number of rotatable bonds is 8. The van der Waals surface area contributed by atoms with Gasteiger partial charge in [0.2, 0.25) is 5.91 Å². The van der Waals surface area contributed by atoms with Gasteiger partial charge < -0.3 is 10.6 Å². The second kappa shape index (κ2) is 8.81. The molecule has 6 nitrogen and oxygen atoms in total. The Bertz CT molecular complexity index is 528. The van der Waals surface area contributed by atoms with E-state index in [9.17, 15) is 9.59 Å². The van der Waals surface area contributed by atoms with E-state index < -0.39 is 0 Å². The molecule has 0 aliphatic heterocycles. The summed E-state index contributed by atoms with van der Waals surface area (Å²) in [7, 11) is 0. The number of amides is 1. The Hall–Kier alpha value is -1.37. The molecule has 0 aliphatic rings. The Morgan fingerprint density at radius 1 is 1.48 bits per heavy atom. The molecule has 0 saturated carbocycles. The van der Waals surface area contributed by atoms with Crippen LogP contribution in [0.2, 0.25) is 0 Å². The summed E-state index contributed by atoms with van der Waals surface area (Å²) in [5, 5.41) is 10.0. The van der Waals surface area contributed by atoms with E-state index in [1.807, 2.05) is 13.8 Å². The molecule has 0 spiro atoms. The van der Waals surface area contributed by atoms with Gasteiger partial charge in [-0.1, -0.05) is 13.3 Å². The molecule has 0 fully saturated rings. The fraction of sp³-hybridized carbons (Fsp3) is 0.643. The smallest absolute Gasteiger partial charge is 0.283 e. The first-order chi connectivity index (χ1) is 9.95. The van der Waals surface area contributed by atoms with Crippen molar-refractivity contribution in [1.29, 1.82) is 0 Å². The average Bonchev–Trinajstić information content (AvgIpc) is 2.42. The molecular formula is C14H23BrN4O2. The molecule has 2 N–H and O–H groups in total. The van der Waals surface area contributed by atoms with E-state index >= 15 is 0 Å². The Balaban J connectivity index is 2.58. The fourth-order valence-corrected chi connectivity index (χ4v) is 2.21. The Morgan fingerprint density at radius 3 is 2.81 bits per heavy atom. The normalized spacial score (nSPS) is 10.7. The van der Waals surface area contributed by atoms with Crippen molar-refractivity contribution in [2.75, 3.05) is 11.9 Å². The summed E-state index contributed by atoms with van der Waals surface area (Å²) in [4.78, 5) is 23.6. The first-order valence-electron chi connectivity index (χ1n) is 7.24. The zero-order valence-corrected chi connectivity index (χ0v) is 14.4. The lowest BCUT2D eigenvalue weighted by Crippen LogP contribution is -2.31. The highest BCUT2D eigenvalue weighted by Gasteiger charge is 2.09. The predicted molar refractivity (Wildman–Crippen MR) is 87.5 cm³/mol. The van der Waals surface area contributed by atoms with Gasteiger partial charge in [0, 0.05) is 25.6 Å². The molecule has 0 saturated heterocycles. The molecule has 7 heteroatoms. The van der Waals surface area contributed by atoms with Gasteiger partial charge in [0.15, 0.2) is 0 Å². The lowest BCUT2D eigenvalue weighted by Gasteiger charge is -2.11. The molecule has 1 aromatic rings. The summed E-state index contributed by atoms with van der Waals surface area (Å²) in [5.74, 6) is -0.0159. The second-order valence-electron chi connectivity index (χ2n) is 5.15. The number of aromatic nitrogens is 2. The van der Waals surface area contributed by atoms with Crippen LogP contribution in [0.4, 0.5) is 5.69 Å². The van der Waals surface area contributed by atoms with Crippen LogP contribution in [-0.2, 0) is 11.3 Å². The van der Waals surface area contributed by atoms with E-state index in [1.54, 1.807) is 6.20 Å². The van der Waals surface area contributed by atoms with E-state index in [-0.39, 0.29) is 17.5 Å². The van der Waals surface area contributed by atoms with Crippen molar-refractivity contribution >= 4 is 27.5 Å². The van der Waals surface area contributed by atoms with Crippen molar-refractivity contribution in [2.24, 2.45) is 0 Å². The summed E-state index contributed by atoms with van der Waals surface area (Å²) < 4.78 is 1.91. The van der Waals surface area contributed by atoms with Gasteiger partial charge in [-0.3, -0.25) is 9.59 Å². The second-order valence-corrected chi connectivity index (χ2v) is 5.95. The minimum Gasteiger partial charge on any atom is -0.382 e. The van der Waals surface area contributed by atoms with Gasteiger partial charge in [-0.2, -0.15) is 5.10 Å². The summed E-state index contributed by atoms with van der Waals surface area (Å²) in [5.41, 5.74) is 0.463. The highest BCUT2D eigenvalue weighted by Crippen LogP contribution is 2.16. The van der Waals surface area contributed by atoms with Crippen molar-refractivity contribution in [2.45, 2.75) is 52.6 Å². The number of nitrogens with one attached hydrogen (secondary N) is 2. The van der Waals surface area contributed by atoms with Crippen molar-refractivity contribution in [3.63, 3.8) is 0 Å². The number of hydrogen-bond acceptors (Lipinski definition) is 4. The molecule has 1 amide bonds. The molecule has 0 aromatic carbocycles. The minimum atomic E-state index is -0.153. The van der Waals surface area contributed by atoms with E-state index in [1.165, 1.54) is 4.68 Å². The molecule has 118 valence electrons. The quantitative estimate of drug-likeness (QED) is 0.746. The van der Waals surface area contributed by atoms with Crippen molar-refractivity contribution < 1.29 is 4.79 Å². The first-order valence-corrected chi connectivity index (χ1v) is 8.03. The zero-order chi connectivity index (χ0) is 15.8. The van der Waals surface area contributed by atoms with Gasteiger partial charge in [-0.05, 0) is 36.2 Å². The number of anilines is 1. The standard InChI is InChI=1S/C14H23BrN4O2/c1-4-5-8-19-14(21)13(15)11(9-17-19)16-7-6-12(20)18-10(2)3/h9-10,16H,4-8H2,1-3H3,(H,18,20). The van der Waals surface area contributed by atoms with E-state index in [0.29, 0.717) is 29.7 Å². The molecule has 0 bridgehead atoms. The van der Waals surface area contributed by atoms with Gasteiger partial charge in [-0.15, -0.1) is 0 Å². The topological polar surface area (TPSA) is 76.0 Å². The summed E-state index contributed by atoms with van der Waals surface area (Å²) in [6.07, 6.45) is 3.89. The summed E-state index contributed by atoms with van der Waals surface area (Å²) in [6, 6.07) is 0.133. The van der Waals surface area contributed by atoms with Crippen molar-refractivity contribution in [3.05, 3.63) is 21.0 Å². The van der Waals surface area contributed by atoms with Crippen LogP contribution >= 0.6 is 15.9 Å². The molecule has 21 heavy (non-hydrogen) atoms. The van der Waals surface area contributed by atoms with Gasteiger partial charge >= 0.3 is 0 Å². The van der Waals surface area contributed by atoms with Crippen molar-refractivity contribution in [1.82, 2.24) is 15.1 Å². The molecule has 1 heterocycles. The lowest BCUT2D eigenvalue weighted by atomic mass is 10.3. The van der Waals surface area contributed by atoms with Crippen molar-refractivity contribution in [3.8, 4) is 0 Å². The van der Waals surface area contributed by atoms with E-state index in [4.69, 9.17) is 0 Å². The molecule has 1 aromatic heterocycles. The van der Waals surface area contributed by atoms with Crippen LogP contribution in [0.15, 0.2) is 15.5 Å². The van der Waals surface area contributed by atoms with Gasteiger partial charge in [0.1, 0.15) is 4.47 Å². The molecule has 0 aliphatic carbocycles. The number of carbonyl (C=O) groups is 1. The maximum atomic E-state index is 12.1. The summed E-state index contributed by atoms with van der Waals surface area (Å²) >= 11 is 3.29. The Kier molecular flexibility index (Phi) is 7.42. The molecular weight excluding hydrogens is 336 g/mol. The van der Waals surface area contributed by atoms with Crippen LogP contribution in [0.3, 0.4) is 0 Å². The highest BCUT2D eigenvalue weighted by molar-refractivity contribution is 9.10. The zero-order valence-electron chi connectivity index (χ0n) is 12.8. The van der Waals surface area contributed by atoms with E-state index in [0.717, 1.165) is 12.8 Å². The lowest BCUT2D eigenvalue weighted by molar-refractivity contribution is -0.121. The van der Waals surface area contributed by atoms with Crippen LogP contribution in [0, 0.1) is 0 Å². The van der Waals surface area contributed by atoms with E-state index in [2.05, 4.69) is 38.6 Å². The van der Waals surface area contributed by atoms with Crippen LogP contribution < -0.4 is 16.2 Å². The maximum absolute atomic E-state index is 12.1. The molecule has 0 radical (unpaired) electrons. The number of nitrogens with zero attached hydrogens (tertiary/aromatic N) is 2. The predicted octanol–water partition coefficient (Wildman–Crippen LogP) is 2.13. The molecule has 0 atom stereocenters. The third-order valence-corrected chi connectivity index (χ3v) is 3.59. The number of unbranched alkanes of at least 4 members (excludes halogenated alkanes) is 1.